The first-order valence-electron chi connectivity index (χ1n) is 8.01. The van der Waals surface area contributed by atoms with E-state index in [4.69, 9.17) is 4.74 Å². The average molecular weight is 358 g/mol. The van der Waals surface area contributed by atoms with E-state index in [1.165, 1.54) is 7.11 Å². The normalized spacial score (nSPS) is 17.2. The van der Waals surface area contributed by atoms with E-state index < -0.39 is 0 Å². The molecule has 4 rings (SSSR count). The number of nitrogens with zero attached hydrogens (tertiary/aromatic N) is 4. The Morgan fingerprint density at radius 2 is 2.36 bits per heavy atom. The van der Waals surface area contributed by atoms with Crippen LogP contribution in [0.3, 0.4) is 0 Å². The maximum Gasteiger partial charge on any atom is 0.310 e. The molecule has 1 saturated heterocycles. The Morgan fingerprint density at radius 1 is 1.48 bits per heavy atom. The molecular weight excluding hydrogens is 340 g/mol. The molecule has 130 valence electrons. The Labute approximate surface area is 148 Å². The number of carbonyl (C=O) groups excluding carboxylic acids is 1. The lowest BCUT2D eigenvalue weighted by Crippen LogP contribution is -2.25. The second kappa shape index (κ2) is 6.32. The van der Waals surface area contributed by atoms with Crippen LogP contribution in [0.4, 0.5) is 17.6 Å². The van der Waals surface area contributed by atoms with Crippen LogP contribution in [0.2, 0.25) is 0 Å². The van der Waals surface area contributed by atoms with E-state index >= 15 is 0 Å². The molecule has 0 aliphatic carbocycles. The van der Waals surface area contributed by atoms with Crippen molar-refractivity contribution in [1.29, 1.82) is 0 Å². The molecule has 3 aromatic heterocycles. The maximum atomic E-state index is 11.8. The number of esters is 1. The van der Waals surface area contributed by atoms with Crippen LogP contribution in [0.15, 0.2) is 17.5 Å². The smallest absolute Gasteiger partial charge is 0.310 e. The van der Waals surface area contributed by atoms with Gasteiger partial charge in [0.15, 0.2) is 5.82 Å². The first kappa shape index (κ1) is 15.8. The highest BCUT2D eigenvalue weighted by Crippen LogP contribution is 2.31. The number of aromatic amines is 1. The molecule has 0 spiro atoms. The molecule has 1 aliphatic rings. The molecule has 9 heteroatoms. The quantitative estimate of drug-likeness (QED) is 0.692. The van der Waals surface area contributed by atoms with Crippen LogP contribution in [0.5, 0.6) is 0 Å². The fraction of sp³-hybridized carbons (Fsp3) is 0.375. The van der Waals surface area contributed by atoms with E-state index in [2.05, 4.69) is 25.5 Å². The molecule has 1 fully saturated rings. The lowest BCUT2D eigenvalue weighted by molar-refractivity contribution is -0.144. The van der Waals surface area contributed by atoms with Gasteiger partial charge >= 0.3 is 5.97 Å². The van der Waals surface area contributed by atoms with Gasteiger partial charge in [-0.2, -0.15) is 10.1 Å². The van der Waals surface area contributed by atoms with Gasteiger partial charge in [-0.25, -0.2) is 4.98 Å². The van der Waals surface area contributed by atoms with Crippen molar-refractivity contribution in [3.8, 4) is 0 Å². The fourth-order valence-electron chi connectivity index (χ4n) is 2.99. The van der Waals surface area contributed by atoms with Crippen molar-refractivity contribution < 1.29 is 9.53 Å². The Morgan fingerprint density at radius 3 is 3.12 bits per heavy atom. The van der Waals surface area contributed by atoms with Gasteiger partial charge in [0.05, 0.1) is 18.4 Å². The molecule has 2 N–H and O–H groups in total. The second-order valence-corrected chi connectivity index (χ2v) is 6.92. The second-order valence-electron chi connectivity index (χ2n) is 6.03. The van der Waals surface area contributed by atoms with Crippen LogP contribution in [-0.2, 0) is 9.53 Å². The minimum Gasteiger partial charge on any atom is -0.469 e. The fourth-order valence-corrected chi connectivity index (χ4v) is 3.74. The molecule has 8 nitrogen and oxygen atoms in total. The highest BCUT2D eigenvalue weighted by Gasteiger charge is 2.31. The number of rotatable bonds is 4. The monoisotopic (exact) mass is 358 g/mol. The van der Waals surface area contributed by atoms with E-state index in [1.54, 1.807) is 11.3 Å². The minimum absolute atomic E-state index is 0.127. The van der Waals surface area contributed by atoms with Crippen LogP contribution < -0.4 is 10.2 Å². The average Bonchev–Trinajstić information content (AvgIpc) is 3.34. The Bertz CT molecular complexity index is 920. The summed E-state index contributed by atoms with van der Waals surface area (Å²) in [4.78, 5) is 24.0. The topological polar surface area (TPSA) is 96.0 Å². The summed E-state index contributed by atoms with van der Waals surface area (Å²) in [5.41, 5.74) is 0.971. The predicted octanol–water partition coefficient (Wildman–Crippen LogP) is 2.47. The number of fused-ring (bicyclic) bond motifs is 1. The van der Waals surface area contributed by atoms with E-state index in [1.807, 2.05) is 29.3 Å². The third-order valence-corrected chi connectivity index (χ3v) is 5.08. The number of carbonyl (C=O) groups is 1. The summed E-state index contributed by atoms with van der Waals surface area (Å²) in [6, 6.07) is 3.91. The van der Waals surface area contributed by atoms with E-state index in [0.29, 0.717) is 24.1 Å². The number of H-pyrrole nitrogens is 1. The predicted molar refractivity (Wildman–Crippen MR) is 96.4 cm³/mol. The number of methoxy groups -OCH3 is 1. The number of aryl methyl sites for hydroxylation is 1. The molecule has 1 unspecified atom stereocenters. The van der Waals surface area contributed by atoms with Gasteiger partial charge < -0.3 is 15.0 Å². The molecule has 0 aromatic carbocycles. The summed E-state index contributed by atoms with van der Waals surface area (Å²) in [5, 5.41) is 13.3. The molecule has 0 amide bonds. The van der Waals surface area contributed by atoms with Crippen LogP contribution in [0.1, 0.15) is 12.1 Å². The van der Waals surface area contributed by atoms with Gasteiger partial charge in [0.1, 0.15) is 10.6 Å². The van der Waals surface area contributed by atoms with Crippen LogP contribution >= 0.6 is 11.3 Å². The van der Waals surface area contributed by atoms with Crippen molar-refractivity contribution >= 4 is 45.1 Å². The van der Waals surface area contributed by atoms with Crippen LogP contribution in [0, 0.1) is 12.8 Å². The molecule has 4 heterocycles. The molecule has 0 bridgehead atoms. The zero-order valence-corrected chi connectivity index (χ0v) is 14.8. The number of hydrogen-bond donors (Lipinski definition) is 2. The largest absolute Gasteiger partial charge is 0.469 e. The van der Waals surface area contributed by atoms with Gasteiger partial charge in [0.2, 0.25) is 5.95 Å². The number of anilines is 3. The molecule has 0 radical (unpaired) electrons. The zero-order valence-electron chi connectivity index (χ0n) is 13.9. The summed E-state index contributed by atoms with van der Waals surface area (Å²) >= 11 is 1.56. The van der Waals surface area contributed by atoms with Crippen molar-refractivity contribution in [3.63, 3.8) is 0 Å². The van der Waals surface area contributed by atoms with Gasteiger partial charge in [0, 0.05) is 24.8 Å². The van der Waals surface area contributed by atoms with Gasteiger partial charge in [-0.05, 0) is 24.8 Å². The highest BCUT2D eigenvalue weighted by molar-refractivity contribution is 7.16. The number of hydrogen-bond acceptors (Lipinski definition) is 8. The standard InChI is InChI=1S/C16H18N6O2S/c1-9-7-12(21-20-9)17-13-11-4-6-25-14(11)19-16(18-13)22-5-3-10(8-22)15(23)24-2/h4,6-7,10H,3,5,8H2,1-2H3,(H2,17,18,19,20,21). The first-order valence-corrected chi connectivity index (χ1v) is 8.89. The Balaban J connectivity index is 1.65. The van der Waals surface area contributed by atoms with Crippen molar-refractivity contribution in [3.05, 3.63) is 23.2 Å². The summed E-state index contributed by atoms with van der Waals surface area (Å²) in [6.07, 6.45) is 0.750. The Kier molecular flexibility index (Phi) is 4.00. The van der Waals surface area contributed by atoms with Crippen LogP contribution in [-0.4, -0.2) is 46.3 Å². The molecule has 0 saturated carbocycles. The highest BCUT2D eigenvalue weighted by atomic mass is 32.1. The number of ether oxygens (including phenoxy) is 1. The SMILES string of the molecule is COC(=O)C1CCN(c2nc(Nc3cc(C)[nH]n3)c3ccsc3n2)C1. The molecular formula is C16H18N6O2S. The van der Waals surface area contributed by atoms with Crippen LogP contribution in [0.25, 0.3) is 10.2 Å². The summed E-state index contributed by atoms with van der Waals surface area (Å²) in [6.45, 7) is 3.25. The van der Waals surface area contributed by atoms with Crippen molar-refractivity contribution in [2.24, 2.45) is 5.92 Å². The van der Waals surface area contributed by atoms with E-state index in [-0.39, 0.29) is 11.9 Å². The maximum absolute atomic E-state index is 11.8. The van der Waals surface area contributed by atoms with E-state index in [9.17, 15) is 4.79 Å². The summed E-state index contributed by atoms with van der Waals surface area (Å²) in [5.74, 6) is 1.75. The summed E-state index contributed by atoms with van der Waals surface area (Å²) in [7, 11) is 1.42. The summed E-state index contributed by atoms with van der Waals surface area (Å²) < 4.78 is 4.85. The van der Waals surface area contributed by atoms with Gasteiger partial charge in [-0.1, -0.05) is 0 Å². The van der Waals surface area contributed by atoms with Crippen molar-refractivity contribution in [2.75, 3.05) is 30.4 Å². The van der Waals surface area contributed by atoms with Crippen molar-refractivity contribution in [2.45, 2.75) is 13.3 Å². The lowest BCUT2D eigenvalue weighted by atomic mass is 10.1. The third-order valence-electron chi connectivity index (χ3n) is 4.27. The minimum atomic E-state index is -0.176. The van der Waals surface area contributed by atoms with Gasteiger partial charge in [-0.15, -0.1) is 11.3 Å². The molecule has 3 aromatic rings. The van der Waals surface area contributed by atoms with Crippen molar-refractivity contribution in [1.82, 2.24) is 20.2 Å². The number of thiophene rings is 1. The zero-order chi connectivity index (χ0) is 17.4. The van der Waals surface area contributed by atoms with Gasteiger partial charge in [-0.3, -0.25) is 9.89 Å². The number of nitrogens with one attached hydrogen (secondary N) is 2. The first-order chi connectivity index (χ1) is 12.1. The van der Waals surface area contributed by atoms with E-state index in [0.717, 1.165) is 28.9 Å². The Hall–Kier alpha value is -2.68. The number of aromatic nitrogens is 4. The third kappa shape index (κ3) is 3.02. The molecule has 1 atom stereocenters. The lowest BCUT2D eigenvalue weighted by Gasteiger charge is -2.17. The molecule has 25 heavy (non-hydrogen) atoms. The van der Waals surface area contributed by atoms with Gasteiger partial charge in [0.25, 0.3) is 0 Å². The molecule has 1 aliphatic heterocycles.